The zero-order valence-electron chi connectivity index (χ0n) is 21.3. The van der Waals surface area contributed by atoms with Crippen LogP contribution in [0.4, 0.5) is 0 Å². The lowest BCUT2D eigenvalue weighted by atomic mass is 9.88. The summed E-state index contributed by atoms with van der Waals surface area (Å²) in [5, 5.41) is 14.7. The zero-order chi connectivity index (χ0) is 26.8. The van der Waals surface area contributed by atoms with Crippen molar-refractivity contribution in [2.45, 2.75) is 45.1 Å². The molecule has 7 nitrogen and oxygen atoms in total. The summed E-state index contributed by atoms with van der Waals surface area (Å²) in [5.41, 5.74) is 3.80. The van der Waals surface area contributed by atoms with Crippen LogP contribution in [0.2, 0.25) is 0 Å². The second-order valence-corrected chi connectivity index (χ2v) is 10.4. The van der Waals surface area contributed by atoms with E-state index in [0.29, 0.717) is 28.2 Å². The van der Waals surface area contributed by atoms with Gasteiger partial charge in [-0.25, -0.2) is 4.68 Å². The summed E-state index contributed by atoms with van der Waals surface area (Å²) in [6.07, 6.45) is 8.17. The van der Waals surface area contributed by atoms with Crippen molar-refractivity contribution in [2.75, 3.05) is 7.11 Å². The van der Waals surface area contributed by atoms with E-state index in [-0.39, 0.29) is 17.5 Å². The number of carbonyl (C=O) groups excluding carboxylic acids is 2. The molecule has 1 aliphatic carbocycles. The molecule has 0 atom stereocenters. The Morgan fingerprint density at radius 1 is 1.08 bits per heavy atom. The second kappa shape index (κ2) is 10.8. The standard InChI is InChI=1S/C30H27BrN4O3/c1-19-24(29(36)35(30(37)25(19)17-32)23-11-7-4-8-12-23)15-21-18-34(22-9-5-3-6-10-22)33-28(21)20-13-14-27(38-2)26(31)16-20/h3,5-6,9-10,13-16,18,23H,4,7-8,11-12H2,1-2H3/b24-15+. The number of aromatic nitrogens is 2. The van der Waals surface area contributed by atoms with Crippen molar-refractivity contribution in [3.63, 3.8) is 0 Å². The highest BCUT2D eigenvalue weighted by molar-refractivity contribution is 9.10. The molecule has 2 amide bonds. The van der Waals surface area contributed by atoms with Gasteiger partial charge in [-0.05, 0) is 77.7 Å². The van der Waals surface area contributed by atoms with Crippen molar-refractivity contribution < 1.29 is 14.3 Å². The van der Waals surface area contributed by atoms with E-state index < -0.39 is 5.91 Å². The van der Waals surface area contributed by atoms with Crippen molar-refractivity contribution in [3.8, 4) is 28.8 Å². The van der Waals surface area contributed by atoms with Gasteiger partial charge in [-0.2, -0.15) is 10.4 Å². The number of carbonyl (C=O) groups is 2. The maximum Gasteiger partial charge on any atom is 0.271 e. The molecule has 2 aliphatic rings. The smallest absolute Gasteiger partial charge is 0.271 e. The monoisotopic (exact) mass is 570 g/mol. The molecule has 1 saturated carbocycles. The third kappa shape index (κ3) is 4.70. The Bertz CT molecular complexity index is 1510. The summed E-state index contributed by atoms with van der Waals surface area (Å²) in [5.74, 6) is -0.149. The molecule has 0 unspecified atom stereocenters. The average Bonchev–Trinajstić information content (AvgIpc) is 3.36. The molecule has 38 heavy (non-hydrogen) atoms. The van der Waals surface area contributed by atoms with E-state index in [1.807, 2.05) is 54.7 Å². The first-order valence-corrected chi connectivity index (χ1v) is 13.4. The van der Waals surface area contributed by atoms with Crippen LogP contribution in [-0.4, -0.2) is 39.6 Å². The third-order valence-electron chi connectivity index (χ3n) is 7.20. The number of ether oxygens (including phenoxy) is 1. The van der Waals surface area contributed by atoms with Crippen molar-refractivity contribution in [1.29, 1.82) is 5.26 Å². The second-order valence-electron chi connectivity index (χ2n) is 9.50. The largest absolute Gasteiger partial charge is 0.496 e. The fourth-order valence-electron chi connectivity index (χ4n) is 5.17. The highest BCUT2D eigenvalue weighted by Gasteiger charge is 2.40. The molecule has 5 rings (SSSR count). The number of halogens is 1. The highest BCUT2D eigenvalue weighted by atomic mass is 79.9. The van der Waals surface area contributed by atoms with Crippen LogP contribution in [0.15, 0.2) is 75.9 Å². The predicted octanol–water partition coefficient (Wildman–Crippen LogP) is 6.24. The first kappa shape index (κ1) is 25.7. The van der Waals surface area contributed by atoms with Crippen molar-refractivity contribution in [1.82, 2.24) is 14.7 Å². The third-order valence-corrected chi connectivity index (χ3v) is 7.82. The number of imide groups is 1. The minimum atomic E-state index is -0.488. The van der Waals surface area contributed by atoms with E-state index in [0.717, 1.165) is 47.8 Å². The zero-order valence-corrected chi connectivity index (χ0v) is 22.9. The summed E-state index contributed by atoms with van der Waals surface area (Å²) in [6.45, 7) is 1.67. The Balaban J connectivity index is 1.67. The number of methoxy groups -OCH3 is 1. The number of nitrogens with zero attached hydrogens (tertiary/aromatic N) is 4. The van der Waals surface area contributed by atoms with E-state index in [1.54, 1.807) is 24.8 Å². The minimum absolute atomic E-state index is 0.0191. The molecule has 1 aliphatic heterocycles. The molecule has 2 aromatic carbocycles. The molecule has 192 valence electrons. The minimum Gasteiger partial charge on any atom is -0.496 e. The number of hydrogen-bond donors (Lipinski definition) is 0. The van der Waals surface area contributed by atoms with Gasteiger partial charge in [0, 0.05) is 28.9 Å². The fourth-order valence-corrected chi connectivity index (χ4v) is 5.71. The van der Waals surface area contributed by atoms with Crippen molar-refractivity contribution >= 4 is 33.8 Å². The number of benzene rings is 2. The summed E-state index contributed by atoms with van der Waals surface area (Å²) in [7, 11) is 1.61. The van der Waals surface area contributed by atoms with Gasteiger partial charge in [0.1, 0.15) is 23.1 Å². The van der Waals surface area contributed by atoms with E-state index in [9.17, 15) is 14.9 Å². The molecule has 1 fully saturated rings. The van der Waals surface area contributed by atoms with Crippen LogP contribution in [0.25, 0.3) is 23.0 Å². The molecule has 8 heteroatoms. The molecule has 0 spiro atoms. The molecule has 0 N–H and O–H groups in total. The van der Waals surface area contributed by atoms with Crippen LogP contribution in [0.3, 0.4) is 0 Å². The lowest BCUT2D eigenvalue weighted by Crippen LogP contribution is -2.49. The molecule has 0 saturated heterocycles. The van der Waals surface area contributed by atoms with Gasteiger partial charge in [0.25, 0.3) is 11.8 Å². The van der Waals surface area contributed by atoms with Crippen LogP contribution in [0.1, 0.15) is 44.6 Å². The average molecular weight is 571 g/mol. The van der Waals surface area contributed by atoms with Crippen LogP contribution in [0.5, 0.6) is 5.75 Å². The fraction of sp³-hybridized carbons (Fsp3) is 0.267. The van der Waals surface area contributed by atoms with Gasteiger partial charge in [-0.15, -0.1) is 0 Å². The van der Waals surface area contributed by atoms with Crippen LogP contribution < -0.4 is 4.74 Å². The van der Waals surface area contributed by atoms with Gasteiger partial charge >= 0.3 is 0 Å². The molecule has 2 heterocycles. The number of hydrogen-bond acceptors (Lipinski definition) is 5. The van der Waals surface area contributed by atoms with E-state index in [2.05, 4.69) is 22.0 Å². The van der Waals surface area contributed by atoms with Crippen LogP contribution >= 0.6 is 15.9 Å². The molecular weight excluding hydrogens is 544 g/mol. The quantitative estimate of drug-likeness (QED) is 0.268. The predicted molar refractivity (Wildman–Crippen MR) is 148 cm³/mol. The van der Waals surface area contributed by atoms with E-state index in [4.69, 9.17) is 9.84 Å². The molecular formula is C30H27BrN4O3. The number of amides is 2. The molecule has 0 radical (unpaired) electrons. The Kier molecular flexibility index (Phi) is 7.30. The van der Waals surface area contributed by atoms with Gasteiger partial charge in [0.05, 0.1) is 17.3 Å². The Labute approximate surface area is 230 Å². The normalized spacial score (nSPS) is 17.7. The lowest BCUT2D eigenvalue weighted by Gasteiger charge is -2.36. The maximum absolute atomic E-state index is 13.8. The Morgan fingerprint density at radius 2 is 1.82 bits per heavy atom. The number of para-hydroxylation sites is 1. The van der Waals surface area contributed by atoms with Crippen LogP contribution in [-0.2, 0) is 9.59 Å². The van der Waals surface area contributed by atoms with Gasteiger partial charge in [-0.1, -0.05) is 37.5 Å². The first-order chi connectivity index (χ1) is 18.4. The summed E-state index contributed by atoms with van der Waals surface area (Å²) >= 11 is 3.56. The molecule has 0 bridgehead atoms. The van der Waals surface area contributed by atoms with Gasteiger partial charge in [0.2, 0.25) is 0 Å². The van der Waals surface area contributed by atoms with Gasteiger partial charge in [-0.3, -0.25) is 14.5 Å². The summed E-state index contributed by atoms with van der Waals surface area (Å²) < 4.78 is 7.93. The molecule has 3 aromatic rings. The Morgan fingerprint density at radius 3 is 2.47 bits per heavy atom. The SMILES string of the molecule is COc1ccc(-c2nn(-c3ccccc3)cc2/C=C2/C(=O)N(C3CCCCC3)C(=O)C(C#N)=C2C)cc1Br. The first-order valence-electron chi connectivity index (χ1n) is 12.6. The van der Waals surface area contributed by atoms with Crippen molar-refractivity contribution in [3.05, 3.63) is 81.5 Å². The summed E-state index contributed by atoms with van der Waals surface area (Å²) in [6, 6.07) is 17.3. The lowest BCUT2D eigenvalue weighted by molar-refractivity contribution is -0.143. The maximum atomic E-state index is 13.8. The molecule has 1 aromatic heterocycles. The number of nitriles is 1. The topological polar surface area (TPSA) is 88.2 Å². The highest BCUT2D eigenvalue weighted by Crippen LogP contribution is 2.36. The van der Waals surface area contributed by atoms with E-state index in [1.165, 1.54) is 4.90 Å². The van der Waals surface area contributed by atoms with E-state index >= 15 is 0 Å². The number of rotatable bonds is 5. The van der Waals surface area contributed by atoms with Crippen LogP contribution in [0, 0.1) is 11.3 Å². The van der Waals surface area contributed by atoms with Gasteiger partial charge in [0.15, 0.2) is 0 Å². The Hall–Kier alpha value is -3.96. The van der Waals surface area contributed by atoms with Crippen molar-refractivity contribution in [2.24, 2.45) is 0 Å². The van der Waals surface area contributed by atoms with Gasteiger partial charge < -0.3 is 4.74 Å². The summed E-state index contributed by atoms with van der Waals surface area (Å²) in [4.78, 5) is 28.4.